The Morgan fingerprint density at radius 2 is 1.67 bits per heavy atom. The van der Waals surface area contributed by atoms with Crippen molar-refractivity contribution in [1.29, 1.82) is 0 Å². The number of aliphatic hydroxyl groups excluding tert-OH is 2. The summed E-state index contributed by atoms with van der Waals surface area (Å²) in [5.74, 6) is -1.03. The first-order chi connectivity index (χ1) is 15.8. The van der Waals surface area contributed by atoms with Gasteiger partial charge in [-0.25, -0.2) is 4.79 Å². The van der Waals surface area contributed by atoms with E-state index in [2.05, 4.69) is 10.6 Å². The second-order valence-electron chi connectivity index (χ2n) is 9.26. The molecule has 0 bridgehead atoms. The first-order valence-corrected chi connectivity index (χ1v) is 11.6. The van der Waals surface area contributed by atoms with E-state index in [0.717, 1.165) is 43.2 Å². The molecule has 3 aliphatic rings. The van der Waals surface area contributed by atoms with Crippen LogP contribution in [0.3, 0.4) is 0 Å². The zero-order chi connectivity index (χ0) is 23.5. The molecule has 1 heterocycles. The molecule has 178 valence electrons. The van der Waals surface area contributed by atoms with Crippen molar-refractivity contribution in [3.8, 4) is 0 Å². The first kappa shape index (κ1) is 23.3. The third kappa shape index (κ3) is 5.20. The number of hydrogen-bond donors (Lipinski definition) is 5. The van der Waals surface area contributed by atoms with Crippen molar-refractivity contribution < 1.29 is 24.6 Å². The van der Waals surface area contributed by atoms with Gasteiger partial charge in [-0.1, -0.05) is 49.6 Å². The number of primary amides is 1. The number of nitrogens with two attached hydrogens (primary N) is 1. The molecule has 0 spiro atoms. The van der Waals surface area contributed by atoms with Gasteiger partial charge in [0.1, 0.15) is 12.1 Å². The van der Waals surface area contributed by atoms with Crippen LogP contribution in [0.15, 0.2) is 35.9 Å². The Labute approximate surface area is 193 Å². The highest BCUT2D eigenvalue weighted by Crippen LogP contribution is 2.28. The highest BCUT2D eigenvalue weighted by Gasteiger charge is 2.39. The molecule has 1 aromatic carbocycles. The number of carbonyl (C=O) groups is 3. The Kier molecular flexibility index (Phi) is 6.99. The number of nitrogens with zero attached hydrogens (tertiary/aromatic N) is 1. The fraction of sp³-hybridized carbons (Fsp3) is 0.542. The summed E-state index contributed by atoms with van der Waals surface area (Å²) in [4.78, 5) is 39.4. The van der Waals surface area contributed by atoms with Crippen molar-refractivity contribution in [2.45, 2.75) is 81.8 Å². The maximum absolute atomic E-state index is 13.4. The van der Waals surface area contributed by atoms with Crippen molar-refractivity contribution in [2.24, 2.45) is 5.73 Å². The molecule has 0 radical (unpaired) electrons. The van der Waals surface area contributed by atoms with E-state index in [0.29, 0.717) is 6.42 Å². The van der Waals surface area contributed by atoms with E-state index in [1.54, 1.807) is 0 Å². The zero-order valence-electron chi connectivity index (χ0n) is 18.6. The summed E-state index contributed by atoms with van der Waals surface area (Å²) in [5.41, 5.74) is 7.75. The lowest BCUT2D eigenvalue weighted by atomic mass is 9.88. The molecule has 2 aliphatic carbocycles. The van der Waals surface area contributed by atoms with Gasteiger partial charge in [0.15, 0.2) is 0 Å². The van der Waals surface area contributed by atoms with Crippen LogP contribution >= 0.6 is 0 Å². The summed E-state index contributed by atoms with van der Waals surface area (Å²) in [6, 6.07) is 5.47. The van der Waals surface area contributed by atoms with Gasteiger partial charge in [0.2, 0.25) is 5.91 Å². The fourth-order valence-electron chi connectivity index (χ4n) is 5.05. The molecule has 4 amide bonds. The monoisotopic (exact) mass is 456 g/mol. The van der Waals surface area contributed by atoms with Crippen LogP contribution in [0.4, 0.5) is 4.79 Å². The molecule has 1 aromatic rings. The Bertz CT molecular complexity index is 943. The standard InChI is InChI=1S/C24H32N4O5/c25-22(31)19-11-14-6-4-5-7-15(14)13-28(19)23(32)16-10-18(21(30)20(29)12-16)27-24(33)26-17-8-2-1-3-9-17/h4-7,10,17-21,29-30H,1-3,8-9,11-13H2,(H2,25,31)(H2,26,27,33). The molecule has 9 nitrogen and oxygen atoms in total. The normalized spacial score (nSPS) is 27.8. The lowest BCUT2D eigenvalue weighted by Crippen LogP contribution is -2.56. The van der Waals surface area contributed by atoms with E-state index >= 15 is 0 Å². The molecule has 4 atom stereocenters. The van der Waals surface area contributed by atoms with Crippen molar-refractivity contribution in [3.05, 3.63) is 47.0 Å². The maximum Gasteiger partial charge on any atom is 0.315 e. The largest absolute Gasteiger partial charge is 0.390 e. The second kappa shape index (κ2) is 9.93. The third-order valence-corrected chi connectivity index (χ3v) is 6.92. The summed E-state index contributed by atoms with van der Waals surface area (Å²) in [6.45, 7) is 0.221. The minimum atomic E-state index is -1.24. The lowest BCUT2D eigenvalue weighted by Gasteiger charge is -2.38. The average Bonchev–Trinajstić information content (AvgIpc) is 2.81. The van der Waals surface area contributed by atoms with Gasteiger partial charge >= 0.3 is 6.03 Å². The van der Waals surface area contributed by atoms with Crippen molar-refractivity contribution in [2.75, 3.05) is 0 Å². The van der Waals surface area contributed by atoms with Crippen LogP contribution in [0.2, 0.25) is 0 Å². The Balaban J connectivity index is 1.50. The number of urea groups is 1. The summed E-state index contributed by atoms with van der Waals surface area (Å²) in [6.07, 6.45) is 4.37. The topological polar surface area (TPSA) is 145 Å². The van der Waals surface area contributed by atoms with Gasteiger partial charge in [-0.3, -0.25) is 9.59 Å². The van der Waals surface area contributed by atoms with E-state index in [4.69, 9.17) is 5.73 Å². The maximum atomic E-state index is 13.4. The number of amides is 4. The van der Waals surface area contributed by atoms with Crippen molar-refractivity contribution in [1.82, 2.24) is 15.5 Å². The van der Waals surface area contributed by atoms with E-state index in [1.165, 1.54) is 11.0 Å². The molecular weight excluding hydrogens is 424 g/mol. The minimum absolute atomic E-state index is 0.0773. The molecule has 9 heteroatoms. The predicted octanol–water partition coefficient (Wildman–Crippen LogP) is 0.478. The molecule has 0 saturated heterocycles. The summed E-state index contributed by atoms with van der Waals surface area (Å²) in [5, 5.41) is 26.4. The lowest BCUT2D eigenvalue weighted by molar-refractivity contribution is -0.138. The van der Waals surface area contributed by atoms with Gasteiger partial charge in [-0.05, 0) is 24.0 Å². The number of benzene rings is 1. The predicted molar refractivity (Wildman–Crippen MR) is 121 cm³/mol. The number of fused-ring (bicyclic) bond motifs is 1. The molecular formula is C24H32N4O5. The van der Waals surface area contributed by atoms with Crippen LogP contribution in [0.5, 0.6) is 0 Å². The second-order valence-corrected chi connectivity index (χ2v) is 9.26. The molecule has 33 heavy (non-hydrogen) atoms. The van der Waals surface area contributed by atoms with Crippen molar-refractivity contribution in [3.63, 3.8) is 0 Å². The quantitative estimate of drug-likeness (QED) is 0.447. The zero-order valence-corrected chi connectivity index (χ0v) is 18.6. The van der Waals surface area contributed by atoms with Crippen LogP contribution in [0, 0.1) is 0 Å². The SMILES string of the molecule is NC(=O)C1Cc2ccccc2CN1C(=O)C1=CC(NC(=O)NC2CCCCC2)C(O)C(O)C1. The third-order valence-electron chi connectivity index (χ3n) is 6.92. The summed E-state index contributed by atoms with van der Waals surface area (Å²) < 4.78 is 0. The van der Waals surface area contributed by atoms with E-state index < -0.39 is 42.1 Å². The van der Waals surface area contributed by atoms with Gasteiger partial charge in [0.25, 0.3) is 5.91 Å². The number of rotatable bonds is 4. The molecule has 1 aliphatic heterocycles. The van der Waals surface area contributed by atoms with Crippen LogP contribution in [0.1, 0.15) is 49.7 Å². The van der Waals surface area contributed by atoms with Crippen LogP contribution in [-0.4, -0.2) is 63.3 Å². The minimum Gasteiger partial charge on any atom is -0.390 e. The number of hydrogen-bond acceptors (Lipinski definition) is 5. The summed E-state index contributed by atoms with van der Waals surface area (Å²) >= 11 is 0. The molecule has 4 unspecified atom stereocenters. The van der Waals surface area contributed by atoms with E-state index in [1.807, 2.05) is 24.3 Å². The number of aliphatic hydroxyl groups is 2. The Morgan fingerprint density at radius 1 is 0.970 bits per heavy atom. The average molecular weight is 457 g/mol. The van der Waals surface area contributed by atoms with Gasteiger partial charge in [-0.15, -0.1) is 0 Å². The van der Waals surface area contributed by atoms with Gasteiger partial charge < -0.3 is 31.5 Å². The Hall–Kier alpha value is -2.91. The molecule has 6 N–H and O–H groups in total. The smallest absolute Gasteiger partial charge is 0.315 e. The molecule has 1 saturated carbocycles. The highest BCUT2D eigenvalue weighted by atomic mass is 16.3. The van der Waals surface area contributed by atoms with Crippen molar-refractivity contribution >= 4 is 17.8 Å². The number of nitrogens with one attached hydrogen (secondary N) is 2. The molecule has 0 aromatic heterocycles. The first-order valence-electron chi connectivity index (χ1n) is 11.6. The van der Waals surface area contributed by atoms with Crippen LogP contribution in [-0.2, 0) is 22.6 Å². The Morgan fingerprint density at radius 3 is 2.36 bits per heavy atom. The van der Waals surface area contributed by atoms with E-state index in [-0.39, 0.29) is 24.6 Å². The summed E-state index contributed by atoms with van der Waals surface area (Å²) in [7, 11) is 0. The van der Waals surface area contributed by atoms with Crippen LogP contribution < -0.4 is 16.4 Å². The van der Waals surface area contributed by atoms with Gasteiger partial charge in [-0.2, -0.15) is 0 Å². The highest BCUT2D eigenvalue weighted by molar-refractivity contribution is 5.97. The van der Waals surface area contributed by atoms with Crippen LogP contribution in [0.25, 0.3) is 0 Å². The van der Waals surface area contributed by atoms with Gasteiger partial charge in [0, 0.05) is 31.0 Å². The molecule has 1 fully saturated rings. The number of carbonyl (C=O) groups excluding carboxylic acids is 3. The fourth-order valence-corrected chi connectivity index (χ4v) is 5.05. The molecule has 4 rings (SSSR count). The van der Waals surface area contributed by atoms with Gasteiger partial charge in [0.05, 0.1) is 12.1 Å². The van der Waals surface area contributed by atoms with E-state index in [9.17, 15) is 24.6 Å².